The van der Waals surface area contributed by atoms with Gasteiger partial charge in [0.05, 0.1) is 11.4 Å². The minimum absolute atomic E-state index is 0.135. The number of carbonyl (C=O) groups is 1. The average molecular weight is 499 g/mol. The van der Waals surface area contributed by atoms with Gasteiger partial charge in [0.2, 0.25) is 5.91 Å². The Bertz CT molecular complexity index is 1250. The molecule has 2 aromatic rings. The lowest BCUT2D eigenvalue weighted by Gasteiger charge is -2.19. The molecule has 1 aliphatic rings. The zero-order chi connectivity index (χ0) is 23.7. The predicted octanol–water partition coefficient (Wildman–Crippen LogP) is 1.77. The summed E-state index contributed by atoms with van der Waals surface area (Å²) in [7, 11) is -4.31. The molecule has 0 unspecified atom stereocenters. The molecule has 1 aromatic carbocycles. The number of nitrogens with one attached hydrogen (secondary N) is 2. The molecular weight excluding hydrogens is 472 g/mol. The second kappa shape index (κ2) is 9.30. The number of fused-ring (bicyclic) bond motifs is 1. The van der Waals surface area contributed by atoms with Crippen molar-refractivity contribution in [2.75, 3.05) is 14.1 Å². The molecule has 0 fully saturated rings. The van der Waals surface area contributed by atoms with Crippen LogP contribution in [0.2, 0.25) is 0 Å². The summed E-state index contributed by atoms with van der Waals surface area (Å²) in [6, 6.07) is 8.85. The van der Waals surface area contributed by atoms with Crippen LogP contribution in [0.4, 0.5) is 0 Å². The molecule has 0 spiro atoms. The number of sulfonamides is 2. The minimum Gasteiger partial charge on any atom is -0.349 e. The van der Waals surface area contributed by atoms with E-state index in [9.17, 15) is 21.6 Å². The Hall–Kier alpha value is -2.28. The quantitative estimate of drug-likeness (QED) is 0.574. The maximum Gasteiger partial charge on any atom is 0.263 e. The number of nitrogens with zero attached hydrogens (tertiary/aromatic N) is 2. The number of hydrogen-bond donors (Lipinski definition) is 2. The molecule has 0 saturated carbocycles. The number of carbonyl (C=O) groups excluding carboxylic acids is 1. The third kappa shape index (κ3) is 4.87. The van der Waals surface area contributed by atoms with E-state index in [4.69, 9.17) is 0 Å². The third-order valence-electron chi connectivity index (χ3n) is 5.19. The van der Waals surface area contributed by atoms with Gasteiger partial charge in [-0.2, -0.15) is 0 Å². The first-order valence-corrected chi connectivity index (χ1v) is 13.7. The molecule has 1 aromatic heterocycles. The van der Waals surface area contributed by atoms with Gasteiger partial charge in [-0.25, -0.2) is 21.1 Å². The van der Waals surface area contributed by atoms with Crippen LogP contribution >= 0.6 is 11.3 Å². The first kappa shape index (κ1) is 24.4. The molecule has 9 nitrogen and oxygen atoms in total. The topological polar surface area (TPSA) is 125 Å². The van der Waals surface area contributed by atoms with E-state index in [2.05, 4.69) is 15.0 Å². The smallest absolute Gasteiger partial charge is 0.263 e. The Balaban J connectivity index is 1.81. The summed E-state index contributed by atoms with van der Waals surface area (Å²) in [4.78, 5) is 18.3. The first-order valence-electron chi connectivity index (χ1n) is 9.96. The van der Waals surface area contributed by atoms with E-state index in [0.717, 1.165) is 15.6 Å². The van der Waals surface area contributed by atoms with Gasteiger partial charge >= 0.3 is 0 Å². The fourth-order valence-electron chi connectivity index (χ4n) is 3.09. The lowest BCUT2D eigenvalue weighted by molar-refractivity contribution is -0.123. The second-order valence-electron chi connectivity index (χ2n) is 7.64. The number of amidine groups is 1. The van der Waals surface area contributed by atoms with E-state index in [-0.39, 0.29) is 33.3 Å². The number of amides is 1. The van der Waals surface area contributed by atoms with E-state index in [0.29, 0.717) is 16.9 Å². The van der Waals surface area contributed by atoms with Crippen molar-refractivity contribution < 1.29 is 21.6 Å². The van der Waals surface area contributed by atoms with Gasteiger partial charge in [0, 0.05) is 24.5 Å². The molecule has 0 saturated heterocycles. The zero-order valence-corrected chi connectivity index (χ0v) is 20.6. The second-order valence-corrected chi connectivity index (χ2v) is 12.8. The average Bonchev–Trinajstić information content (AvgIpc) is 3.33. The van der Waals surface area contributed by atoms with Crippen molar-refractivity contribution in [3.05, 3.63) is 46.8 Å². The molecule has 32 heavy (non-hydrogen) atoms. The van der Waals surface area contributed by atoms with Gasteiger partial charge in [0.1, 0.15) is 16.1 Å². The van der Waals surface area contributed by atoms with Crippen LogP contribution in [0.1, 0.15) is 30.7 Å². The highest BCUT2D eigenvalue weighted by atomic mass is 32.2. The number of thiophene rings is 1. The molecule has 12 heteroatoms. The monoisotopic (exact) mass is 498 g/mol. The first-order chi connectivity index (χ1) is 15.0. The maximum absolute atomic E-state index is 13.0. The number of rotatable bonds is 8. The lowest BCUT2D eigenvalue weighted by Crippen LogP contribution is -2.38. The van der Waals surface area contributed by atoms with Crippen LogP contribution in [-0.2, 0) is 31.4 Å². The molecule has 0 radical (unpaired) electrons. The molecule has 2 heterocycles. The fourth-order valence-corrected chi connectivity index (χ4v) is 6.79. The Kier molecular flexibility index (Phi) is 7.08. The van der Waals surface area contributed by atoms with E-state index in [1.165, 1.54) is 26.2 Å². The van der Waals surface area contributed by atoms with Crippen molar-refractivity contribution in [1.29, 1.82) is 0 Å². The summed E-state index contributed by atoms with van der Waals surface area (Å²) in [5.41, 5.74) is 0.436. The molecule has 3 rings (SSSR count). The van der Waals surface area contributed by atoms with E-state index >= 15 is 0 Å². The van der Waals surface area contributed by atoms with Crippen LogP contribution < -0.4 is 10.0 Å². The molecule has 0 bridgehead atoms. The van der Waals surface area contributed by atoms with Gasteiger partial charge < -0.3 is 5.32 Å². The van der Waals surface area contributed by atoms with Crippen LogP contribution in [0.15, 0.2) is 50.5 Å². The highest BCUT2D eigenvalue weighted by molar-refractivity contribution is 7.91. The molecule has 1 aliphatic heterocycles. The standard InChI is InChI=1S/C20H26N4O5S3/c1-5-13(2)18(22-19-15-8-6-7-9-16(15)31(26,27)23-19)20(25)21-12-14-10-11-17(30-14)32(28,29)24(3)4/h6-11,13,18H,5,12H2,1-4H3,(H,21,25)(H,22,23)/t13-,18-/m0/s1. The van der Waals surface area contributed by atoms with Crippen LogP contribution in [0.5, 0.6) is 0 Å². The zero-order valence-electron chi connectivity index (χ0n) is 18.2. The largest absolute Gasteiger partial charge is 0.349 e. The lowest BCUT2D eigenvalue weighted by atomic mass is 9.98. The number of benzene rings is 1. The van der Waals surface area contributed by atoms with Crippen LogP contribution in [-0.4, -0.2) is 53.0 Å². The van der Waals surface area contributed by atoms with E-state index in [1.807, 2.05) is 13.8 Å². The van der Waals surface area contributed by atoms with Crippen molar-refractivity contribution in [1.82, 2.24) is 14.3 Å². The van der Waals surface area contributed by atoms with Crippen molar-refractivity contribution in [2.24, 2.45) is 10.9 Å². The normalized spacial score (nSPS) is 18.2. The van der Waals surface area contributed by atoms with E-state index < -0.39 is 26.1 Å². The molecule has 174 valence electrons. The van der Waals surface area contributed by atoms with Gasteiger partial charge in [-0.3, -0.25) is 14.5 Å². The molecule has 2 atom stereocenters. The Morgan fingerprint density at radius 2 is 1.91 bits per heavy atom. The van der Waals surface area contributed by atoms with Gasteiger partial charge in [-0.05, 0) is 30.2 Å². The van der Waals surface area contributed by atoms with Crippen molar-refractivity contribution in [3.8, 4) is 0 Å². The Morgan fingerprint density at radius 1 is 1.22 bits per heavy atom. The Labute approximate surface area is 192 Å². The molecule has 0 aliphatic carbocycles. The summed E-state index contributed by atoms with van der Waals surface area (Å²) in [5, 5.41) is 2.81. The van der Waals surface area contributed by atoms with Crippen molar-refractivity contribution >= 4 is 43.1 Å². The third-order valence-corrected chi connectivity index (χ3v) is 9.96. The summed E-state index contributed by atoms with van der Waals surface area (Å²) < 4.78 is 53.0. The van der Waals surface area contributed by atoms with Gasteiger partial charge in [-0.15, -0.1) is 11.3 Å². The highest BCUT2D eigenvalue weighted by Crippen LogP contribution is 2.25. The molecular formula is C20H26N4O5S3. The van der Waals surface area contributed by atoms with Gasteiger partial charge in [0.25, 0.3) is 20.0 Å². The van der Waals surface area contributed by atoms with Crippen LogP contribution in [0.3, 0.4) is 0 Å². The fraction of sp³-hybridized carbons (Fsp3) is 0.400. The maximum atomic E-state index is 13.0. The van der Waals surface area contributed by atoms with Crippen molar-refractivity contribution in [3.63, 3.8) is 0 Å². The van der Waals surface area contributed by atoms with Gasteiger partial charge in [-0.1, -0.05) is 32.4 Å². The Morgan fingerprint density at radius 3 is 2.56 bits per heavy atom. The van der Waals surface area contributed by atoms with E-state index in [1.54, 1.807) is 24.3 Å². The highest BCUT2D eigenvalue weighted by Gasteiger charge is 2.33. The van der Waals surface area contributed by atoms with Crippen LogP contribution in [0.25, 0.3) is 0 Å². The van der Waals surface area contributed by atoms with Crippen LogP contribution in [0, 0.1) is 5.92 Å². The van der Waals surface area contributed by atoms with Gasteiger partial charge in [0.15, 0.2) is 0 Å². The van der Waals surface area contributed by atoms with Crippen molar-refractivity contribution in [2.45, 2.75) is 42.0 Å². The number of aliphatic imine (C=N–C) groups is 1. The summed E-state index contributed by atoms with van der Waals surface area (Å²) in [6.07, 6.45) is 0.660. The SMILES string of the molecule is CC[C@H](C)[C@H](N=C1NS(=O)(=O)c2ccccc21)C(=O)NCc1ccc(S(=O)(=O)N(C)C)s1. The number of hydrogen-bond acceptors (Lipinski definition) is 7. The molecule has 1 amide bonds. The summed E-state index contributed by atoms with van der Waals surface area (Å²) in [6.45, 7) is 3.94. The summed E-state index contributed by atoms with van der Waals surface area (Å²) in [5.74, 6) is -0.356. The predicted molar refractivity (Wildman–Crippen MR) is 124 cm³/mol. The molecule has 2 N–H and O–H groups in total. The summed E-state index contributed by atoms with van der Waals surface area (Å²) >= 11 is 1.09. The minimum atomic E-state index is -3.70.